The predicted octanol–water partition coefficient (Wildman–Crippen LogP) is 3.08. The van der Waals surface area contributed by atoms with Gasteiger partial charge in [0.25, 0.3) is 0 Å². The monoisotopic (exact) mass is 366 g/mol. The molecule has 0 aliphatic carbocycles. The summed E-state index contributed by atoms with van der Waals surface area (Å²) in [6.07, 6.45) is 0. The van der Waals surface area contributed by atoms with E-state index >= 15 is 0 Å². The van der Waals surface area contributed by atoms with Crippen molar-refractivity contribution in [2.75, 3.05) is 6.79 Å². The van der Waals surface area contributed by atoms with E-state index in [0.717, 1.165) is 34.7 Å². The van der Waals surface area contributed by atoms with Gasteiger partial charge in [-0.2, -0.15) is 0 Å². The fraction of sp³-hybridized carbons (Fsp3) is 0.150. The van der Waals surface area contributed by atoms with Gasteiger partial charge in [-0.25, -0.2) is 5.48 Å². The van der Waals surface area contributed by atoms with Gasteiger partial charge in [-0.3, -0.25) is 10.0 Å². The Morgan fingerprint density at radius 2 is 1.67 bits per heavy atom. The molecule has 0 saturated heterocycles. The number of carbonyl (C=O) groups is 1. The van der Waals surface area contributed by atoms with E-state index in [1.165, 1.54) is 6.07 Å². The summed E-state index contributed by atoms with van der Waals surface area (Å²) in [4.78, 5) is 11.3. The second kappa shape index (κ2) is 7.53. The topological polar surface area (TPSA) is 93.0 Å². The van der Waals surface area contributed by atoms with Gasteiger partial charge in [-0.1, -0.05) is 30.3 Å². The van der Waals surface area contributed by atoms with E-state index < -0.39 is 5.91 Å². The Morgan fingerprint density at radius 1 is 0.926 bits per heavy atom. The molecule has 0 radical (unpaired) electrons. The number of nitrogens with one attached hydrogen (secondary N) is 2. The van der Waals surface area contributed by atoms with Crippen LogP contribution in [0.2, 0.25) is 0 Å². The van der Waals surface area contributed by atoms with Gasteiger partial charge < -0.3 is 19.2 Å². The van der Waals surface area contributed by atoms with Gasteiger partial charge >= 0.3 is 5.91 Å². The van der Waals surface area contributed by atoms with Gasteiger partial charge in [-0.05, 0) is 35.4 Å². The third-order valence-electron chi connectivity index (χ3n) is 4.27. The molecule has 138 valence electrons. The Balaban J connectivity index is 1.34. The third kappa shape index (κ3) is 3.79. The lowest BCUT2D eigenvalue weighted by Crippen LogP contribution is -2.17. The number of carbonyl (C=O) groups excluding carboxylic acids is 1. The van der Waals surface area contributed by atoms with Gasteiger partial charge in [0, 0.05) is 18.7 Å². The zero-order valence-electron chi connectivity index (χ0n) is 14.4. The fourth-order valence-corrected chi connectivity index (χ4v) is 2.86. The van der Waals surface area contributed by atoms with Crippen molar-refractivity contribution in [1.29, 1.82) is 0 Å². The predicted molar refractivity (Wildman–Crippen MR) is 96.5 cm³/mol. The Labute approximate surface area is 155 Å². The molecule has 7 heteroatoms. The van der Waals surface area contributed by atoms with Gasteiger partial charge in [0.1, 0.15) is 5.76 Å². The minimum absolute atomic E-state index is 0.0574. The largest absolute Gasteiger partial charge is 0.454 e. The summed E-state index contributed by atoms with van der Waals surface area (Å²) < 4.78 is 16.1. The fourth-order valence-electron chi connectivity index (χ4n) is 2.86. The molecule has 3 N–H and O–H groups in total. The van der Waals surface area contributed by atoms with Crippen LogP contribution < -0.4 is 20.3 Å². The molecule has 0 fully saturated rings. The lowest BCUT2D eigenvalue weighted by atomic mass is 10.1. The number of hydrogen-bond donors (Lipinski definition) is 3. The first-order chi connectivity index (χ1) is 13.2. The molecule has 7 nitrogen and oxygen atoms in total. The Kier molecular flexibility index (Phi) is 4.78. The van der Waals surface area contributed by atoms with E-state index in [1.807, 2.05) is 42.5 Å². The van der Waals surface area contributed by atoms with Crippen LogP contribution in [-0.2, 0) is 13.1 Å². The molecule has 3 aromatic rings. The van der Waals surface area contributed by atoms with E-state index in [4.69, 9.17) is 19.1 Å². The second-order valence-electron chi connectivity index (χ2n) is 6.09. The maximum Gasteiger partial charge on any atom is 0.310 e. The van der Waals surface area contributed by atoms with Crippen LogP contribution >= 0.6 is 0 Å². The summed E-state index contributed by atoms with van der Waals surface area (Å²) in [6.45, 7) is 1.71. The molecule has 4 rings (SSSR count). The Morgan fingerprint density at radius 3 is 2.48 bits per heavy atom. The number of rotatable bonds is 6. The van der Waals surface area contributed by atoms with Crippen molar-refractivity contribution in [2.45, 2.75) is 13.1 Å². The van der Waals surface area contributed by atoms with Crippen molar-refractivity contribution in [3.05, 3.63) is 71.5 Å². The number of hydrogen-bond acceptors (Lipinski definition) is 6. The van der Waals surface area contributed by atoms with E-state index in [0.29, 0.717) is 12.3 Å². The van der Waals surface area contributed by atoms with Crippen molar-refractivity contribution >= 4 is 5.91 Å². The summed E-state index contributed by atoms with van der Waals surface area (Å²) in [7, 11) is 0. The van der Waals surface area contributed by atoms with Crippen LogP contribution in [0.4, 0.5) is 0 Å². The number of ether oxygens (including phenoxy) is 2. The number of amides is 1. The standard InChI is InChI=1S/C20H18N2O5/c23-20(22-24)18-8-7-16(27-18)15-4-1-13(2-5-15)10-21-11-14-3-6-17-19(9-14)26-12-25-17/h1-9,21,24H,10-12H2,(H,22,23). The smallest absolute Gasteiger partial charge is 0.310 e. The highest BCUT2D eigenvalue weighted by molar-refractivity contribution is 5.91. The SMILES string of the molecule is O=C(NO)c1ccc(-c2ccc(CNCc3ccc4c(c3)OCO4)cc2)o1. The minimum Gasteiger partial charge on any atom is -0.454 e. The molecule has 27 heavy (non-hydrogen) atoms. The molecule has 1 aliphatic heterocycles. The highest BCUT2D eigenvalue weighted by atomic mass is 16.7. The second-order valence-corrected chi connectivity index (χ2v) is 6.09. The minimum atomic E-state index is -0.675. The van der Waals surface area contributed by atoms with Gasteiger partial charge in [0.2, 0.25) is 6.79 Å². The zero-order chi connectivity index (χ0) is 18.6. The molecular formula is C20H18N2O5. The summed E-state index contributed by atoms with van der Waals surface area (Å²) in [5.74, 6) is 1.51. The molecule has 1 amide bonds. The zero-order valence-corrected chi connectivity index (χ0v) is 14.4. The normalized spacial score (nSPS) is 12.2. The Hall–Kier alpha value is -3.29. The van der Waals surface area contributed by atoms with Crippen LogP contribution in [-0.4, -0.2) is 17.9 Å². The molecular weight excluding hydrogens is 348 g/mol. The van der Waals surface area contributed by atoms with Crippen LogP contribution in [0.25, 0.3) is 11.3 Å². The van der Waals surface area contributed by atoms with Gasteiger partial charge in [-0.15, -0.1) is 0 Å². The van der Waals surface area contributed by atoms with Crippen molar-refractivity contribution in [1.82, 2.24) is 10.8 Å². The van der Waals surface area contributed by atoms with Crippen LogP contribution in [0.3, 0.4) is 0 Å². The first-order valence-electron chi connectivity index (χ1n) is 8.46. The van der Waals surface area contributed by atoms with Crippen molar-refractivity contribution in [3.63, 3.8) is 0 Å². The highest BCUT2D eigenvalue weighted by Gasteiger charge is 2.13. The first kappa shape index (κ1) is 17.1. The molecule has 0 atom stereocenters. The molecule has 0 spiro atoms. The number of furan rings is 1. The molecule has 0 bridgehead atoms. The van der Waals surface area contributed by atoms with Crippen LogP contribution in [0.1, 0.15) is 21.7 Å². The maximum atomic E-state index is 11.3. The quantitative estimate of drug-likeness (QED) is 0.459. The number of fused-ring (bicyclic) bond motifs is 1. The van der Waals surface area contributed by atoms with Crippen LogP contribution in [0.15, 0.2) is 59.0 Å². The first-order valence-corrected chi connectivity index (χ1v) is 8.46. The average Bonchev–Trinajstić information content (AvgIpc) is 3.37. The van der Waals surface area contributed by atoms with E-state index in [9.17, 15) is 4.79 Å². The molecule has 0 saturated carbocycles. The maximum absolute atomic E-state index is 11.3. The summed E-state index contributed by atoms with van der Waals surface area (Å²) in [5, 5.41) is 12.0. The van der Waals surface area contributed by atoms with E-state index in [-0.39, 0.29) is 12.6 Å². The van der Waals surface area contributed by atoms with Crippen molar-refractivity contribution < 1.29 is 23.9 Å². The van der Waals surface area contributed by atoms with Crippen molar-refractivity contribution in [3.8, 4) is 22.8 Å². The number of hydroxylamine groups is 1. The van der Waals surface area contributed by atoms with Gasteiger partial charge in [0.15, 0.2) is 17.3 Å². The summed E-state index contributed by atoms with van der Waals surface area (Å²) in [6, 6.07) is 17.0. The van der Waals surface area contributed by atoms with Gasteiger partial charge in [0.05, 0.1) is 0 Å². The average molecular weight is 366 g/mol. The highest BCUT2D eigenvalue weighted by Crippen LogP contribution is 2.32. The molecule has 2 heterocycles. The van der Waals surface area contributed by atoms with E-state index in [2.05, 4.69) is 5.32 Å². The number of benzene rings is 2. The third-order valence-corrected chi connectivity index (χ3v) is 4.27. The lowest BCUT2D eigenvalue weighted by molar-refractivity contribution is 0.0677. The van der Waals surface area contributed by atoms with Crippen LogP contribution in [0, 0.1) is 0 Å². The summed E-state index contributed by atoms with van der Waals surface area (Å²) in [5.41, 5.74) is 4.65. The molecule has 2 aromatic carbocycles. The van der Waals surface area contributed by atoms with Crippen molar-refractivity contribution in [2.24, 2.45) is 0 Å². The molecule has 0 unspecified atom stereocenters. The molecule has 1 aliphatic rings. The molecule has 1 aromatic heterocycles. The summed E-state index contributed by atoms with van der Waals surface area (Å²) >= 11 is 0. The van der Waals surface area contributed by atoms with E-state index in [1.54, 1.807) is 11.5 Å². The lowest BCUT2D eigenvalue weighted by Gasteiger charge is -2.07. The van der Waals surface area contributed by atoms with Crippen LogP contribution in [0.5, 0.6) is 11.5 Å². The Bertz CT molecular complexity index is 949.